The summed E-state index contributed by atoms with van der Waals surface area (Å²) >= 11 is 7.57. The minimum atomic E-state index is -0.779. The Bertz CT molecular complexity index is 1810. The van der Waals surface area contributed by atoms with E-state index in [-0.39, 0.29) is 23.8 Å². The van der Waals surface area contributed by atoms with E-state index in [9.17, 15) is 9.59 Å². The highest BCUT2D eigenvalue weighted by molar-refractivity contribution is 7.07. The van der Waals surface area contributed by atoms with Crippen LogP contribution in [0.3, 0.4) is 0 Å². The Hall–Kier alpha value is -4.14. The van der Waals surface area contributed by atoms with Gasteiger partial charge in [0.2, 0.25) is 0 Å². The summed E-state index contributed by atoms with van der Waals surface area (Å²) in [6.07, 6.45) is 1.69. The number of hydrogen-bond acceptors (Lipinski definition) is 7. The molecular formula is C33H31ClN2O5S. The van der Waals surface area contributed by atoms with Crippen molar-refractivity contribution in [1.82, 2.24) is 4.57 Å². The Kier molecular flexibility index (Phi) is 8.94. The highest BCUT2D eigenvalue weighted by atomic mass is 35.5. The van der Waals surface area contributed by atoms with E-state index in [1.54, 1.807) is 35.8 Å². The fourth-order valence-corrected chi connectivity index (χ4v) is 5.98. The topological polar surface area (TPSA) is 79.1 Å². The van der Waals surface area contributed by atoms with E-state index in [2.05, 4.69) is 0 Å². The molecule has 1 aromatic heterocycles. The number of hydrogen-bond donors (Lipinski definition) is 0. The van der Waals surface area contributed by atoms with Gasteiger partial charge in [0, 0.05) is 16.1 Å². The zero-order valence-electron chi connectivity index (χ0n) is 23.8. The molecule has 0 bridgehead atoms. The van der Waals surface area contributed by atoms with Gasteiger partial charge in [0.05, 0.1) is 41.2 Å². The summed E-state index contributed by atoms with van der Waals surface area (Å²) < 4.78 is 19.2. The maximum atomic E-state index is 14.2. The van der Waals surface area contributed by atoms with Crippen molar-refractivity contribution in [3.63, 3.8) is 0 Å². The highest BCUT2D eigenvalue weighted by Crippen LogP contribution is 2.36. The first-order chi connectivity index (χ1) is 20.3. The summed E-state index contributed by atoms with van der Waals surface area (Å²) in [7, 11) is 0. The first-order valence-corrected chi connectivity index (χ1v) is 15.0. The summed E-state index contributed by atoms with van der Waals surface area (Å²) in [4.78, 5) is 33.1. The van der Waals surface area contributed by atoms with Gasteiger partial charge in [-0.3, -0.25) is 9.36 Å². The molecule has 0 spiro atoms. The Morgan fingerprint density at radius 3 is 2.45 bits per heavy atom. The molecule has 0 amide bonds. The van der Waals surface area contributed by atoms with Crippen molar-refractivity contribution >= 4 is 40.7 Å². The summed E-state index contributed by atoms with van der Waals surface area (Å²) in [5.74, 6) is 0.772. The molecule has 0 fully saturated rings. The first-order valence-electron chi connectivity index (χ1n) is 13.8. The van der Waals surface area contributed by atoms with Crippen LogP contribution in [0.4, 0.5) is 0 Å². The summed E-state index contributed by atoms with van der Waals surface area (Å²) in [5.41, 5.74) is 2.61. The van der Waals surface area contributed by atoms with Crippen molar-refractivity contribution in [2.24, 2.45) is 4.99 Å². The predicted molar refractivity (Wildman–Crippen MR) is 166 cm³/mol. The van der Waals surface area contributed by atoms with Crippen LogP contribution in [0, 0.1) is 0 Å². The zero-order valence-corrected chi connectivity index (χ0v) is 25.4. The van der Waals surface area contributed by atoms with Crippen molar-refractivity contribution in [2.45, 2.75) is 39.8 Å². The van der Waals surface area contributed by atoms with E-state index in [4.69, 9.17) is 30.8 Å². The molecule has 0 radical (unpaired) electrons. The molecule has 1 atom stereocenters. The number of thiazole rings is 1. The molecule has 3 aromatic carbocycles. The lowest BCUT2D eigenvalue weighted by molar-refractivity contribution is -0.138. The second-order valence-corrected chi connectivity index (χ2v) is 11.2. The van der Waals surface area contributed by atoms with Crippen molar-refractivity contribution in [1.29, 1.82) is 0 Å². The quantitative estimate of drug-likeness (QED) is 0.227. The molecule has 1 aliphatic rings. The second kappa shape index (κ2) is 12.8. The lowest BCUT2D eigenvalue weighted by Gasteiger charge is -2.26. The molecule has 9 heteroatoms. The fourth-order valence-electron chi connectivity index (χ4n) is 4.80. The van der Waals surface area contributed by atoms with E-state index in [1.165, 1.54) is 11.3 Å². The number of halogens is 1. The Labute approximate surface area is 253 Å². The minimum absolute atomic E-state index is 0.0697. The molecular weight excluding hydrogens is 572 g/mol. The number of carbonyl (C=O) groups is 1. The van der Waals surface area contributed by atoms with Gasteiger partial charge in [0.1, 0.15) is 11.5 Å². The zero-order chi connectivity index (χ0) is 29.8. The Balaban J connectivity index is 1.79. The summed E-state index contributed by atoms with van der Waals surface area (Å²) in [6.45, 7) is 8.24. The van der Waals surface area contributed by atoms with Gasteiger partial charge in [-0.15, -0.1) is 0 Å². The Morgan fingerprint density at radius 2 is 1.79 bits per heavy atom. The molecule has 5 rings (SSSR count). The molecule has 0 aliphatic carbocycles. The SMILES string of the molecule is CCOC(=O)C1=C(c2ccccc2)N=c2s/c(=C\c3cc(Cl)ccc3OC(C)C)c(=O)n2[C@@H]1c1ccc(OCC)cc1. The van der Waals surface area contributed by atoms with Gasteiger partial charge in [-0.1, -0.05) is 65.4 Å². The van der Waals surface area contributed by atoms with Crippen molar-refractivity contribution in [3.8, 4) is 11.5 Å². The normalized spacial score (nSPS) is 14.9. The predicted octanol–water partition coefficient (Wildman–Crippen LogP) is 5.77. The largest absolute Gasteiger partial charge is 0.494 e. The van der Waals surface area contributed by atoms with E-state index in [1.807, 2.05) is 75.4 Å². The van der Waals surface area contributed by atoms with Gasteiger partial charge in [-0.25, -0.2) is 9.79 Å². The average molecular weight is 603 g/mol. The maximum Gasteiger partial charge on any atom is 0.338 e. The molecule has 0 saturated heterocycles. The highest BCUT2D eigenvalue weighted by Gasteiger charge is 2.35. The number of esters is 1. The average Bonchev–Trinajstić information content (AvgIpc) is 3.29. The fraction of sp³-hybridized carbons (Fsp3) is 0.242. The molecule has 4 aromatic rings. The standard InChI is InChI=1S/C33H31ClN2O5S/c1-5-39-25-15-12-22(13-16-25)30-28(32(38)40-6-2)29(21-10-8-7-9-11-21)35-33-36(30)31(37)27(42-33)19-23-18-24(34)14-17-26(23)41-20(3)4/h7-20,30H,5-6H2,1-4H3/b27-19-/t30-/m1/s1. The van der Waals surface area contributed by atoms with Gasteiger partial charge in [0.25, 0.3) is 5.56 Å². The van der Waals surface area contributed by atoms with Gasteiger partial charge in [0.15, 0.2) is 4.80 Å². The van der Waals surface area contributed by atoms with Crippen molar-refractivity contribution in [2.75, 3.05) is 13.2 Å². The second-order valence-electron chi connectivity index (χ2n) is 9.78. The van der Waals surface area contributed by atoms with Gasteiger partial charge in [-0.05, 0) is 69.7 Å². The molecule has 216 valence electrons. The number of nitrogens with zero attached hydrogens (tertiary/aromatic N) is 2. The Morgan fingerprint density at radius 1 is 1.05 bits per heavy atom. The molecule has 0 saturated carbocycles. The van der Waals surface area contributed by atoms with Crippen molar-refractivity contribution in [3.05, 3.63) is 120 Å². The van der Waals surface area contributed by atoms with Crippen LogP contribution in [0.15, 0.2) is 88.2 Å². The summed E-state index contributed by atoms with van der Waals surface area (Å²) in [6, 6.07) is 21.4. The minimum Gasteiger partial charge on any atom is -0.494 e. The van der Waals surface area contributed by atoms with Gasteiger partial charge in [-0.2, -0.15) is 0 Å². The number of fused-ring (bicyclic) bond motifs is 1. The monoisotopic (exact) mass is 602 g/mol. The molecule has 2 heterocycles. The third kappa shape index (κ3) is 6.05. The smallest absolute Gasteiger partial charge is 0.338 e. The molecule has 0 N–H and O–H groups in total. The molecule has 1 aliphatic heterocycles. The first kappa shape index (κ1) is 29.4. The number of benzene rings is 3. The van der Waals surface area contributed by atoms with Crippen LogP contribution in [0.5, 0.6) is 11.5 Å². The molecule has 42 heavy (non-hydrogen) atoms. The van der Waals surface area contributed by atoms with Crippen LogP contribution < -0.4 is 24.4 Å². The van der Waals surface area contributed by atoms with E-state index in [0.717, 1.165) is 11.1 Å². The van der Waals surface area contributed by atoms with Crippen LogP contribution in [-0.4, -0.2) is 29.9 Å². The molecule has 0 unspecified atom stereocenters. The third-order valence-electron chi connectivity index (χ3n) is 6.50. The van der Waals surface area contributed by atoms with Crippen LogP contribution in [0.25, 0.3) is 11.8 Å². The van der Waals surface area contributed by atoms with Gasteiger partial charge < -0.3 is 14.2 Å². The van der Waals surface area contributed by atoms with Gasteiger partial charge >= 0.3 is 5.97 Å². The van der Waals surface area contributed by atoms with Crippen LogP contribution in [-0.2, 0) is 9.53 Å². The molecule has 7 nitrogen and oxygen atoms in total. The number of rotatable bonds is 9. The lowest BCUT2D eigenvalue weighted by atomic mass is 9.93. The van der Waals surface area contributed by atoms with Crippen LogP contribution in [0.1, 0.15) is 50.4 Å². The van der Waals surface area contributed by atoms with E-state index in [0.29, 0.717) is 43.7 Å². The summed E-state index contributed by atoms with van der Waals surface area (Å²) in [5, 5.41) is 0.522. The maximum absolute atomic E-state index is 14.2. The van der Waals surface area contributed by atoms with Crippen molar-refractivity contribution < 1.29 is 19.0 Å². The number of aromatic nitrogens is 1. The van der Waals surface area contributed by atoms with E-state index < -0.39 is 12.0 Å². The lowest BCUT2D eigenvalue weighted by Crippen LogP contribution is -2.40. The van der Waals surface area contributed by atoms with Crippen LogP contribution >= 0.6 is 22.9 Å². The number of carbonyl (C=O) groups excluding carboxylic acids is 1. The van der Waals surface area contributed by atoms with Crippen LogP contribution in [0.2, 0.25) is 5.02 Å². The third-order valence-corrected chi connectivity index (χ3v) is 7.72. The number of ether oxygens (including phenoxy) is 3. The van der Waals surface area contributed by atoms with E-state index >= 15 is 0 Å².